The summed E-state index contributed by atoms with van der Waals surface area (Å²) in [5.74, 6) is -0.0809. The average molecular weight is 355 g/mol. The van der Waals surface area contributed by atoms with Gasteiger partial charge < -0.3 is 14.2 Å². The van der Waals surface area contributed by atoms with Crippen molar-refractivity contribution in [1.82, 2.24) is 0 Å². The number of anilines is 1. The SMILES string of the molecule is C=CCOC(=O)Nc1sc(C(=O)OC(C)(C)C)cc1OC(C)(C)C. The van der Waals surface area contributed by atoms with Crippen LogP contribution in [0, 0.1) is 0 Å². The zero-order valence-electron chi connectivity index (χ0n) is 15.0. The molecule has 0 spiro atoms. The molecule has 134 valence electrons. The third kappa shape index (κ3) is 7.04. The summed E-state index contributed by atoms with van der Waals surface area (Å²) in [5, 5.41) is 2.97. The summed E-state index contributed by atoms with van der Waals surface area (Å²) < 4.78 is 16.1. The maximum absolute atomic E-state index is 12.2. The Bertz CT molecular complexity index is 607. The van der Waals surface area contributed by atoms with Crippen molar-refractivity contribution in [2.75, 3.05) is 11.9 Å². The summed E-state index contributed by atoms with van der Waals surface area (Å²) in [7, 11) is 0. The smallest absolute Gasteiger partial charge is 0.412 e. The van der Waals surface area contributed by atoms with E-state index in [9.17, 15) is 9.59 Å². The van der Waals surface area contributed by atoms with Gasteiger partial charge in [-0.05, 0) is 41.5 Å². The summed E-state index contributed by atoms with van der Waals surface area (Å²) >= 11 is 1.07. The molecule has 0 saturated heterocycles. The number of carbonyl (C=O) groups excluding carboxylic acids is 2. The highest BCUT2D eigenvalue weighted by Crippen LogP contribution is 2.38. The molecule has 0 aliphatic heterocycles. The lowest BCUT2D eigenvalue weighted by molar-refractivity contribution is 0.00743. The quantitative estimate of drug-likeness (QED) is 0.616. The van der Waals surface area contributed by atoms with Crippen LogP contribution in [0.1, 0.15) is 51.2 Å². The Labute approximate surface area is 146 Å². The van der Waals surface area contributed by atoms with Crippen LogP contribution < -0.4 is 10.1 Å². The van der Waals surface area contributed by atoms with Crippen molar-refractivity contribution in [2.45, 2.75) is 52.7 Å². The number of amides is 1. The number of hydrogen-bond donors (Lipinski definition) is 1. The van der Waals surface area contributed by atoms with Crippen molar-refractivity contribution >= 4 is 28.4 Å². The van der Waals surface area contributed by atoms with Crippen LogP contribution in [0.25, 0.3) is 0 Å². The van der Waals surface area contributed by atoms with E-state index < -0.39 is 23.3 Å². The van der Waals surface area contributed by atoms with Crippen molar-refractivity contribution < 1.29 is 23.8 Å². The molecule has 1 aromatic rings. The number of nitrogens with one attached hydrogen (secondary N) is 1. The lowest BCUT2D eigenvalue weighted by atomic mass is 10.2. The number of rotatable bonds is 5. The van der Waals surface area contributed by atoms with Gasteiger partial charge in [0.15, 0.2) is 5.75 Å². The molecule has 1 N–H and O–H groups in total. The normalized spacial score (nSPS) is 11.6. The van der Waals surface area contributed by atoms with Crippen LogP contribution in [0.2, 0.25) is 0 Å². The fraction of sp³-hybridized carbons (Fsp3) is 0.529. The first-order valence-corrected chi connectivity index (χ1v) is 8.34. The molecule has 0 fully saturated rings. The van der Waals surface area contributed by atoms with E-state index >= 15 is 0 Å². The standard InChI is InChI=1S/C17H25NO5S/c1-8-9-21-15(20)18-13-11(22-16(2,3)4)10-12(24-13)14(19)23-17(5,6)7/h8,10H,1,9H2,2-7H3,(H,18,20). The van der Waals surface area contributed by atoms with E-state index in [2.05, 4.69) is 11.9 Å². The van der Waals surface area contributed by atoms with E-state index in [0.29, 0.717) is 15.6 Å². The molecule has 24 heavy (non-hydrogen) atoms. The zero-order chi connectivity index (χ0) is 18.5. The maximum atomic E-state index is 12.2. The average Bonchev–Trinajstić information content (AvgIpc) is 2.75. The molecule has 0 saturated carbocycles. The van der Waals surface area contributed by atoms with E-state index in [0.717, 1.165) is 11.3 Å². The van der Waals surface area contributed by atoms with Crippen molar-refractivity contribution in [2.24, 2.45) is 0 Å². The Morgan fingerprint density at radius 3 is 2.33 bits per heavy atom. The number of ether oxygens (including phenoxy) is 3. The third-order valence-electron chi connectivity index (χ3n) is 2.26. The fourth-order valence-corrected chi connectivity index (χ4v) is 2.41. The molecule has 0 atom stereocenters. The van der Waals surface area contributed by atoms with Gasteiger partial charge in [-0.15, -0.1) is 11.3 Å². The third-order valence-corrected chi connectivity index (χ3v) is 3.27. The molecule has 0 aliphatic rings. The summed E-state index contributed by atoms with van der Waals surface area (Å²) in [6.07, 6.45) is 0.818. The highest BCUT2D eigenvalue weighted by atomic mass is 32.1. The van der Waals surface area contributed by atoms with Crippen LogP contribution in [0.15, 0.2) is 18.7 Å². The molecule has 1 aromatic heterocycles. The van der Waals surface area contributed by atoms with E-state index in [4.69, 9.17) is 14.2 Å². The molecule has 1 rings (SSSR count). The van der Waals surface area contributed by atoms with Gasteiger partial charge in [0, 0.05) is 6.07 Å². The number of carbonyl (C=O) groups is 2. The van der Waals surface area contributed by atoms with Crippen molar-refractivity contribution in [3.05, 3.63) is 23.6 Å². The molecule has 7 heteroatoms. The fourth-order valence-electron chi connectivity index (χ4n) is 1.56. The second kappa shape index (κ2) is 7.70. The zero-order valence-corrected chi connectivity index (χ0v) is 15.8. The molecular formula is C17H25NO5S. The Balaban J connectivity index is 3.03. The van der Waals surface area contributed by atoms with Crippen LogP contribution in [0.3, 0.4) is 0 Å². The Morgan fingerprint density at radius 2 is 1.83 bits per heavy atom. The van der Waals surface area contributed by atoms with E-state index in [1.54, 1.807) is 26.8 Å². The molecule has 0 unspecified atom stereocenters. The lowest BCUT2D eigenvalue weighted by Gasteiger charge is -2.21. The first-order chi connectivity index (χ1) is 10.9. The second-order valence-electron chi connectivity index (χ2n) is 7.03. The second-order valence-corrected chi connectivity index (χ2v) is 8.08. The van der Waals surface area contributed by atoms with Crippen LogP contribution >= 0.6 is 11.3 Å². The van der Waals surface area contributed by atoms with E-state index in [-0.39, 0.29) is 6.61 Å². The van der Waals surface area contributed by atoms with Gasteiger partial charge in [0.05, 0.1) is 0 Å². The van der Waals surface area contributed by atoms with Gasteiger partial charge in [-0.25, -0.2) is 9.59 Å². The van der Waals surface area contributed by atoms with Gasteiger partial charge in [0.1, 0.15) is 27.7 Å². The highest BCUT2D eigenvalue weighted by molar-refractivity contribution is 7.18. The predicted octanol–water partition coefficient (Wildman–Crippen LogP) is 4.62. The van der Waals surface area contributed by atoms with Gasteiger partial charge in [0.2, 0.25) is 0 Å². The summed E-state index contributed by atoms with van der Waals surface area (Å²) in [5.41, 5.74) is -1.10. The molecule has 0 radical (unpaired) electrons. The number of hydrogen-bond acceptors (Lipinski definition) is 6. The van der Waals surface area contributed by atoms with Gasteiger partial charge in [-0.1, -0.05) is 12.7 Å². The van der Waals surface area contributed by atoms with Crippen LogP contribution in [-0.4, -0.2) is 29.9 Å². The number of esters is 1. The van der Waals surface area contributed by atoms with Crippen LogP contribution in [0.5, 0.6) is 5.75 Å². The topological polar surface area (TPSA) is 73.9 Å². The first-order valence-electron chi connectivity index (χ1n) is 7.52. The van der Waals surface area contributed by atoms with Gasteiger partial charge in [-0.3, -0.25) is 5.32 Å². The van der Waals surface area contributed by atoms with Gasteiger partial charge in [0.25, 0.3) is 0 Å². The van der Waals surface area contributed by atoms with Crippen molar-refractivity contribution in [1.29, 1.82) is 0 Å². The van der Waals surface area contributed by atoms with Gasteiger partial charge in [-0.2, -0.15) is 0 Å². The van der Waals surface area contributed by atoms with Gasteiger partial charge >= 0.3 is 12.1 Å². The molecule has 0 aromatic carbocycles. The minimum absolute atomic E-state index is 0.0889. The van der Waals surface area contributed by atoms with Crippen LogP contribution in [0.4, 0.5) is 9.80 Å². The molecule has 1 amide bonds. The summed E-state index contributed by atoms with van der Waals surface area (Å²) in [6.45, 7) is 14.6. The maximum Gasteiger partial charge on any atom is 0.412 e. The molecule has 6 nitrogen and oxygen atoms in total. The first kappa shape index (κ1) is 20.0. The van der Waals surface area contributed by atoms with Crippen molar-refractivity contribution in [3.63, 3.8) is 0 Å². The summed E-state index contributed by atoms with van der Waals surface area (Å²) in [6, 6.07) is 1.56. The minimum Gasteiger partial charge on any atom is -0.485 e. The Morgan fingerprint density at radius 1 is 1.21 bits per heavy atom. The molecule has 1 heterocycles. The van der Waals surface area contributed by atoms with E-state index in [1.807, 2.05) is 20.8 Å². The lowest BCUT2D eigenvalue weighted by Crippen LogP contribution is -2.24. The molecular weight excluding hydrogens is 330 g/mol. The Kier molecular flexibility index (Phi) is 6.42. The molecule has 0 bridgehead atoms. The molecule has 0 aliphatic carbocycles. The Hall–Kier alpha value is -2.02. The van der Waals surface area contributed by atoms with E-state index in [1.165, 1.54) is 6.08 Å². The monoisotopic (exact) mass is 355 g/mol. The predicted molar refractivity (Wildman–Crippen MR) is 95.0 cm³/mol. The summed E-state index contributed by atoms with van der Waals surface area (Å²) in [4.78, 5) is 24.3. The number of thiophene rings is 1. The minimum atomic E-state index is -0.647. The van der Waals surface area contributed by atoms with Crippen molar-refractivity contribution in [3.8, 4) is 5.75 Å². The highest BCUT2D eigenvalue weighted by Gasteiger charge is 2.25. The van der Waals surface area contributed by atoms with Crippen LogP contribution in [-0.2, 0) is 9.47 Å². The largest absolute Gasteiger partial charge is 0.485 e.